The van der Waals surface area contributed by atoms with Gasteiger partial charge in [-0.25, -0.2) is 4.98 Å². The predicted octanol–water partition coefficient (Wildman–Crippen LogP) is 4.04. The highest BCUT2D eigenvalue weighted by Crippen LogP contribution is 2.31. The minimum absolute atomic E-state index is 0.0129. The Morgan fingerprint density at radius 3 is 2.79 bits per heavy atom. The lowest BCUT2D eigenvalue weighted by molar-refractivity contribution is -0.137. The fraction of sp³-hybridized carbons (Fsp3) is 0.500. The minimum Gasteiger partial charge on any atom is -0.357 e. The van der Waals surface area contributed by atoms with Crippen LogP contribution < -0.4 is 10.6 Å². The van der Waals surface area contributed by atoms with E-state index in [4.69, 9.17) is 0 Å². The van der Waals surface area contributed by atoms with Crippen molar-refractivity contribution in [3.63, 3.8) is 0 Å². The van der Waals surface area contributed by atoms with Crippen molar-refractivity contribution in [3.05, 3.63) is 54.1 Å². The van der Waals surface area contributed by atoms with Crippen LogP contribution in [0.5, 0.6) is 0 Å². The van der Waals surface area contributed by atoms with Crippen molar-refractivity contribution in [2.75, 3.05) is 19.6 Å². The maximum atomic E-state index is 12.9. The molecule has 2 rings (SSSR count). The van der Waals surface area contributed by atoms with Crippen LogP contribution in [-0.2, 0) is 12.7 Å². The molecule has 1 aromatic carbocycles. The SMILES string of the molecule is CCNC(=NCCCn1ccnc1)NCCC(C)c1cccc(C(F)(F)F)c1. The molecule has 0 bridgehead atoms. The van der Waals surface area contributed by atoms with Gasteiger partial charge in [-0.1, -0.05) is 25.1 Å². The Hall–Kier alpha value is -2.51. The van der Waals surface area contributed by atoms with Gasteiger partial charge in [0.1, 0.15) is 0 Å². The first kappa shape index (κ1) is 21.8. The molecule has 1 atom stereocenters. The molecule has 0 aliphatic heterocycles. The molecule has 5 nitrogen and oxygen atoms in total. The molecular formula is C20H28F3N5. The van der Waals surface area contributed by atoms with Crippen LogP contribution in [0.25, 0.3) is 0 Å². The fourth-order valence-electron chi connectivity index (χ4n) is 2.80. The van der Waals surface area contributed by atoms with Crippen LogP contribution in [0, 0.1) is 0 Å². The number of halogens is 3. The molecule has 0 aliphatic rings. The van der Waals surface area contributed by atoms with Crippen LogP contribution in [-0.4, -0.2) is 35.1 Å². The molecule has 2 aromatic rings. The van der Waals surface area contributed by atoms with Gasteiger partial charge in [0, 0.05) is 38.6 Å². The average Bonchev–Trinajstić information content (AvgIpc) is 3.18. The van der Waals surface area contributed by atoms with Crippen LogP contribution in [0.1, 0.15) is 43.7 Å². The van der Waals surface area contributed by atoms with Gasteiger partial charge < -0.3 is 15.2 Å². The van der Waals surface area contributed by atoms with E-state index in [1.807, 2.05) is 24.6 Å². The van der Waals surface area contributed by atoms with Crippen molar-refractivity contribution in [3.8, 4) is 0 Å². The number of hydrogen-bond acceptors (Lipinski definition) is 2. The van der Waals surface area contributed by atoms with Crippen molar-refractivity contribution in [2.24, 2.45) is 4.99 Å². The van der Waals surface area contributed by atoms with E-state index in [9.17, 15) is 13.2 Å². The lowest BCUT2D eigenvalue weighted by Gasteiger charge is -2.16. The number of imidazole rings is 1. The first-order valence-corrected chi connectivity index (χ1v) is 9.55. The van der Waals surface area contributed by atoms with Gasteiger partial charge in [0.05, 0.1) is 11.9 Å². The van der Waals surface area contributed by atoms with Gasteiger partial charge in [-0.3, -0.25) is 4.99 Å². The number of aryl methyl sites for hydroxylation is 1. The minimum atomic E-state index is -4.31. The number of aromatic nitrogens is 2. The van der Waals surface area contributed by atoms with Crippen LogP contribution in [0.4, 0.5) is 13.2 Å². The van der Waals surface area contributed by atoms with E-state index >= 15 is 0 Å². The number of alkyl halides is 3. The molecule has 8 heteroatoms. The number of guanidine groups is 1. The third-order valence-corrected chi connectivity index (χ3v) is 4.40. The van der Waals surface area contributed by atoms with E-state index in [2.05, 4.69) is 20.6 Å². The maximum absolute atomic E-state index is 12.9. The molecule has 0 amide bonds. The van der Waals surface area contributed by atoms with E-state index in [1.165, 1.54) is 12.1 Å². The van der Waals surface area contributed by atoms with Gasteiger partial charge in [0.2, 0.25) is 0 Å². The largest absolute Gasteiger partial charge is 0.416 e. The van der Waals surface area contributed by atoms with Crippen molar-refractivity contribution in [2.45, 2.75) is 45.3 Å². The molecule has 1 heterocycles. The summed E-state index contributed by atoms with van der Waals surface area (Å²) in [7, 11) is 0. The second-order valence-corrected chi connectivity index (χ2v) is 6.65. The number of aliphatic imine (C=N–C) groups is 1. The number of rotatable bonds is 9. The number of nitrogens with zero attached hydrogens (tertiary/aromatic N) is 3. The highest BCUT2D eigenvalue weighted by Gasteiger charge is 2.30. The number of nitrogens with one attached hydrogen (secondary N) is 2. The van der Waals surface area contributed by atoms with Gasteiger partial charge in [-0.2, -0.15) is 13.2 Å². The third kappa shape index (κ3) is 7.25. The average molecular weight is 395 g/mol. The molecule has 2 N–H and O–H groups in total. The molecule has 0 saturated heterocycles. The first-order chi connectivity index (χ1) is 13.4. The van der Waals surface area contributed by atoms with Crippen molar-refractivity contribution < 1.29 is 13.2 Å². The molecule has 1 aromatic heterocycles. The third-order valence-electron chi connectivity index (χ3n) is 4.40. The van der Waals surface area contributed by atoms with E-state index < -0.39 is 11.7 Å². The molecule has 0 fully saturated rings. The van der Waals surface area contributed by atoms with Gasteiger partial charge in [0.25, 0.3) is 0 Å². The molecule has 0 saturated carbocycles. The Kier molecular flexibility index (Phi) is 8.35. The summed E-state index contributed by atoms with van der Waals surface area (Å²) in [6.07, 6.45) is 2.75. The monoisotopic (exact) mass is 395 g/mol. The fourth-order valence-corrected chi connectivity index (χ4v) is 2.80. The highest BCUT2D eigenvalue weighted by atomic mass is 19.4. The summed E-state index contributed by atoms with van der Waals surface area (Å²) in [5.41, 5.74) is 0.0940. The predicted molar refractivity (Wildman–Crippen MR) is 105 cm³/mol. The standard InChI is InChI=1S/C20H28F3N5/c1-3-25-19(26-9-5-12-28-13-11-24-15-28)27-10-8-16(2)17-6-4-7-18(14-17)20(21,22)23/h4,6-7,11,13-16H,3,5,8-10,12H2,1-2H3,(H2,25,26,27). The van der Waals surface area contributed by atoms with E-state index in [0.29, 0.717) is 25.1 Å². The topological polar surface area (TPSA) is 54.2 Å². The Morgan fingerprint density at radius 1 is 1.29 bits per heavy atom. The lowest BCUT2D eigenvalue weighted by atomic mass is 9.96. The van der Waals surface area contributed by atoms with Crippen molar-refractivity contribution in [1.29, 1.82) is 0 Å². The van der Waals surface area contributed by atoms with E-state index in [0.717, 1.165) is 31.5 Å². The lowest BCUT2D eigenvalue weighted by Crippen LogP contribution is -2.38. The van der Waals surface area contributed by atoms with Crippen LogP contribution in [0.2, 0.25) is 0 Å². The van der Waals surface area contributed by atoms with Gasteiger partial charge in [0.15, 0.2) is 5.96 Å². The summed E-state index contributed by atoms with van der Waals surface area (Å²) < 4.78 is 40.6. The molecular weight excluding hydrogens is 367 g/mol. The van der Waals surface area contributed by atoms with Gasteiger partial charge in [-0.05, 0) is 37.3 Å². The normalized spacial score (nSPS) is 13.4. The zero-order valence-electron chi connectivity index (χ0n) is 16.3. The summed E-state index contributed by atoms with van der Waals surface area (Å²) >= 11 is 0. The van der Waals surface area contributed by atoms with E-state index in [1.54, 1.807) is 18.6 Å². The summed E-state index contributed by atoms with van der Waals surface area (Å²) in [6.45, 7) is 6.84. The Labute approximate surface area is 164 Å². The number of benzene rings is 1. The Bertz CT molecular complexity index is 726. The molecule has 0 spiro atoms. The van der Waals surface area contributed by atoms with Crippen molar-refractivity contribution >= 4 is 5.96 Å². The smallest absolute Gasteiger partial charge is 0.357 e. The summed E-state index contributed by atoms with van der Waals surface area (Å²) in [4.78, 5) is 8.55. The number of hydrogen-bond donors (Lipinski definition) is 2. The van der Waals surface area contributed by atoms with Crippen LogP contribution in [0.3, 0.4) is 0 Å². The van der Waals surface area contributed by atoms with Crippen LogP contribution >= 0.6 is 0 Å². The Balaban J connectivity index is 1.80. The van der Waals surface area contributed by atoms with Gasteiger partial charge in [-0.15, -0.1) is 0 Å². The first-order valence-electron chi connectivity index (χ1n) is 9.55. The zero-order chi connectivity index (χ0) is 20.4. The molecule has 154 valence electrons. The zero-order valence-corrected chi connectivity index (χ0v) is 16.3. The van der Waals surface area contributed by atoms with E-state index in [-0.39, 0.29) is 5.92 Å². The summed E-state index contributed by atoms with van der Waals surface area (Å²) in [5, 5.41) is 6.45. The summed E-state index contributed by atoms with van der Waals surface area (Å²) in [6, 6.07) is 5.55. The second kappa shape index (κ2) is 10.7. The second-order valence-electron chi connectivity index (χ2n) is 6.65. The quantitative estimate of drug-likeness (QED) is 0.383. The highest BCUT2D eigenvalue weighted by molar-refractivity contribution is 5.79. The molecule has 0 radical (unpaired) electrons. The van der Waals surface area contributed by atoms with Gasteiger partial charge >= 0.3 is 6.18 Å². The molecule has 28 heavy (non-hydrogen) atoms. The molecule has 1 unspecified atom stereocenters. The maximum Gasteiger partial charge on any atom is 0.416 e. The molecule has 0 aliphatic carbocycles. The van der Waals surface area contributed by atoms with Crippen LogP contribution in [0.15, 0.2) is 48.0 Å². The van der Waals surface area contributed by atoms with Crippen molar-refractivity contribution in [1.82, 2.24) is 20.2 Å². The Morgan fingerprint density at radius 2 is 2.11 bits per heavy atom. The summed E-state index contributed by atoms with van der Waals surface area (Å²) in [5.74, 6) is 0.739.